The van der Waals surface area contributed by atoms with Crippen LogP contribution in [0.5, 0.6) is 0 Å². The summed E-state index contributed by atoms with van der Waals surface area (Å²) in [6, 6.07) is 9.10. The fourth-order valence-corrected chi connectivity index (χ4v) is 3.20. The summed E-state index contributed by atoms with van der Waals surface area (Å²) in [4.78, 5) is 5.70. The van der Waals surface area contributed by atoms with Gasteiger partial charge in [0.05, 0.1) is 12.4 Å². The molecule has 6 N–H and O–H groups in total. The lowest BCUT2D eigenvalue weighted by Crippen LogP contribution is -2.44. The molecule has 0 amide bonds. The molecule has 26 heavy (non-hydrogen) atoms. The van der Waals surface area contributed by atoms with Gasteiger partial charge in [-0.1, -0.05) is 24.8 Å². The highest BCUT2D eigenvalue weighted by Crippen LogP contribution is 2.17. The van der Waals surface area contributed by atoms with E-state index in [1.807, 2.05) is 6.20 Å². The van der Waals surface area contributed by atoms with Crippen LogP contribution in [0.2, 0.25) is 0 Å². The van der Waals surface area contributed by atoms with E-state index in [1.165, 1.54) is 35.0 Å². The molecule has 2 heterocycles. The lowest BCUT2D eigenvalue weighted by molar-refractivity contribution is 0.259. The predicted octanol–water partition coefficient (Wildman–Crippen LogP) is 2.31. The van der Waals surface area contributed by atoms with Gasteiger partial charge >= 0.3 is 0 Å². The van der Waals surface area contributed by atoms with Gasteiger partial charge in [0.25, 0.3) is 0 Å². The molecule has 0 aliphatic carbocycles. The third-order valence-corrected chi connectivity index (χ3v) is 4.41. The molecule has 6 heteroatoms. The van der Waals surface area contributed by atoms with Crippen molar-refractivity contribution < 1.29 is 0 Å². The monoisotopic (exact) mass is 356 g/mol. The maximum atomic E-state index is 4.60. The summed E-state index contributed by atoms with van der Waals surface area (Å²) >= 11 is 0. The molecule has 1 atom stereocenters. The van der Waals surface area contributed by atoms with E-state index in [0.29, 0.717) is 6.04 Å². The Morgan fingerprint density at radius 1 is 1.42 bits per heavy atom. The molecule has 1 unspecified atom stereocenters. The normalized spacial score (nSPS) is 16.6. The zero-order valence-electron chi connectivity index (χ0n) is 15.9. The summed E-state index contributed by atoms with van der Waals surface area (Å²) in [6.45, 7) is 12.9. The zero-order valence-corrected chi connectivity index (χ0v) is 15.9. The summed E-state index contributed by atoms with van der Waals surface area (Å²) in [5, 5.41) is 8.12. The van der Waals surface area contributed by atoms with E-state index >= 15 is 0 Å². The minimum absolute atomic E-state index is 0.437. The van der Waals surface area contributed by atoms with Crippen LogP contribution in [0.15, 0.2) is 49.4 Å². The molecule has 142 valence electrons. The molecular formula is C20H32N6. The first-order chi connectivity index (χ1) is 12.5. The molecular weight excluding hydrogens is 324 g/mol. The third kappa shape index (κ3) is 5.82. The van der Waals surface area contributed by atoms with Crippen LogP contribution >= 0.6 is 0 Å². The summed E-state index contributed by atoms with van der Waals surface area (Å²) in [6.07, 6.45) is 4.30. The Balaban J connectivity index is 0.000000758. The van der Waals surface area contributed by atoms with Crippen LogP contribution in [0.4, 0.5) is 0 Å². The summed E-state index contributed by atoms with van der Waals surface area (Å²) in [7, 11) is 1.65. The molecule has 0 radical (unpaired) electrons. The standard InChI is InChI=1S/C19H26N4.CH6N2/c1-4-23-9-5-6-17(13-23)21-15(3)20-12-18-11-16-10-14(2)7-8-19(16)22-18;1-3-2/h4,7-8,10-11,17,20-22H,1,3,5-6,9,12-13H2,2H3;3H,2H2,1H3. The largest absolute Gasteiger partial charge is 0.376 e. The predicted molar refractivity (Wildman–Crippen MR) is 110 cm³/mol. The Morgan fingerprint density at radius 3 is 2.92 bits per heavy atom. The number of nitrogens with one attached hydrogen (secondary N) is 4. The highest BCUT2D eigenvalue weighted by atomic mass is 15.2. The number of nitrogens with two attached hydrogens (primary N) is 1. The number of fused-ring (bicyclic) bond motifs is 1. The number of benzene rings is 1. The summed E-state index contributed by atoms with van der Waals surface area (Å²) in [5.41, 5.74) is 5.89. The third-order valence-electron chi connectivity index (χ3n) is 4.41. The zero-order chi connectivity index (χ0) is 18.9. The van der Waals surface area contributed by atoms with Gasteiger partial charge in [0.2, 0.25) is 0 Å². The summed E-state index contributed by atoms with van der Waals surface area (Å²) in [5.74, 6) is 5.48. The number of rotatable bonds is 6. The van der Waals surface area contributed by atoms with Crippen LogP contribution in [0, 0.1) is 6.92 Å². The highest BCUT2D eigenvalue weighted by Gasteiger charge is 2.17. The SMILES string of the molecule is C=CN1CCCC(NC(=C)NCc2cc3cc(C)ccc3[nH]2)C1.CNN. The number of hydrogen-bond acceptors (Lipinski definition) is 5. The van der Waals surface area contributed by atoms with Crippen molar-refractivity contribution in [2.75, 3.05) is 20.1 Å². The van der Waals surface area contributed by atoms with Gasteiger partial charge in [0.15, 0.2) is 0 Å². The molecule has 0 saturated carbocycles. The second-order valence-electron chi connectivity index (χ2n) is 6.67. The number of aromatic amines is 1. The van der Waals surface area contributed by atoms with Crippen molar-refractivity contribution in [3.05, 3.63) is 60.7 Å². The highest BCUT2D eigenvalue weighted by molar-refractivity contribution is 5.81. The van der Waals surface area contributed by atoms with Crippen LogP contribution in [0.1, 0.15) is 24.1 Å². The van der Waals surface area contributed by atoms with Gasteiger partial charge < -0.3 is 20.5 Å². The van der Waals surface area contributed by atoms with Crippen LogP contribution < -0.4 is 21.9 Å². The van der Waals surface area contributed by atoms with Crippen molar-refractivity contribution in [3.8, 4) is 0 Å². The quantitative estimate of drug-likeness (QED) is 0.405. The van der Waals surface area contributed by atoms with Gasteiger partial charge in [-0.2, -0.15) is 0 Å². The molecule has 1 aliphatic rings. The average Bonchev–Trinajstić information content (AvgIpc) is 3.03. The van der Waals surface area contributed by atoms with Gasteiger partial charge in [-0.05, 0) is 56.6 Å². The Hall–Kier alpha value is -2.44. The van der Waals surface area contributed by atoms with Crippen LogP contribution in [-0.2, 0) is 6.54 Å². The molecule has 0 spiro atoms. The smallest absolute Gasteiger partial charge is 0.0918 e. The maximum absolute atomic E-state index is 4.60. The molecule has 1 fully saturated rings. The Morgan fingerprint density at radius 2 is 2.19 bits per heavy atom. The number of aromatic nitrogens is 1. The van der Waals surface area contributed by atoms with E-state index in [9.17, 15) is 0 Å². The second-order valence-corrected chi connectivity index (χ2v) is 6.67. The Kier molecular flexibility index (Phi) is 7.56. The van der Waals surface area contributed by atoms with Crippen molar-refractivity contribution in [2.24, 2.45) is 5.84 Å². The fraction of sp³-hybridized carbons (Fsp3) is 0.400. The van der Waals surface area contributed by atoms with E-state index in [0.717, 1.165) is 25.5 Å². The average molecular weight is 357 g/mol. The number of hydrazine groups is 1. The maximum Gasteiger partial charge on any atom is 0.0918 e. The molecule has 3 rings (SSSR count). The molecule has 2 aromatic rings. The van der Waals surface area contributed by atoms with Crippen LogP contribution in [0.3, 0.4) is 0 Å². The Labute approximate surface area is 156 Å². The number of piperidine rings is 1. The topological polar surface area (TPSA) is 81.1 Å². The van der Waals surface area contributed by atoms with E-state index in [4.69, 9.17) is 0 Å². The van der Waals surface area contributed by atoms with Crippen molar-refractivity contribution in [3.63, 3.8) is 0 Å². The van der Waals surface area contributed by atoms with Gasteiger partial charge in [-0.15, -0.1) is 0 Å². The molecule has 1 saturated heterocycles. The number of likely N-dealkylation sites (tertiary alicyclic amines) is 1. The minimum atomic E-state index is 0.437. The molecule has 1 aromatic carbocycles. The number of nitrogens with zero attached hydrogens (tertiary/aromatic N) is 1. The lowest BCUT2D eigenvalue weighted by Gasteiger charge is -2.33. The van der Waals surface area contributed by atoms with Crippen molar-refractivity contribution in [2.45, 2.75) is 32.4 Å². The van der Waals surface area contributed by atoms with Crippen molar-refractivity contribution in [1.29, 1.82) is 0 Å². The van der Waals surface area contributed by atoms with Gasteiger partial charge in [-0.3, -0.25) is 11.3 Å². The first-order valence-electron chi connectivity index (χ1n) is 9.07. The first-order valence-corrected chi connectivity index (χ1v) is 9.07. The van der Waals surface area contributed by atoms with Crippen LogP contribution in [0.25, 0.3) is 10.9 Å². The fourth-order valence-electron chi connectivity index (χ4n) is 3.20. The summed E-state index contributed by atoms with van der Waals surface area (Å²) < 4.78 is 0. The lowest BCUT2D eigenvalue weighted by atomic mass is 10.1. The number of H-pyrrole nitrogens is 1. The number of aryl methyl sites for hydroxylation is 1. The van der Waals surface area contributed by atoms with Gasteiger partial charge in [-0.25, -0.2) is 0 Å². The number of hydrogen-bond donors (Lipinski definition) is 5. The van der Waals surface area contributed by atoms with E-state index < -0.39 is 0 Å². The van der Waals surface area contributed by atoms with Crippen molar-refractivity contribution >= 4 is 10.9 Å². The molecule has 1 aromatic heterocycles. The molecule has 0 bridgehead atoms. The van der Waals surface area contributed by atoms with Crippen LogP contribution in [-0.4, -0.2) is 36.1 Å². The Bertz CT molecular complexity index is 720. The molecule has 1 aliphatic heterocycles. The minimum Gasteiger partial charge on any atom is -0.376 e. The van der Waals surface area contributed by atoms with Crippen molar-refractivity contribution in [1.82, 2.24) is 25.9 Å². The van der Waals surface area contributed by atoms with E-state index in [1.54, 1.807) is 7.05 Å². The molecule has 6 nitrogen and oxygen atoms in total. The first kappa shape index (κ1) is 19.9. The van der Waals surface area contributed by atoms with E-state index in [2.05, 4.69) is 76.1 Å². The van der Waals surface area contributed by atoms with Gasteiger partial charge in [0, 0.05) is 30.3 Å². The van der Waals surface area contributed by atoms with Gasteiger partial charge in [0.1, 0.15) is 0 Å². The van der Waals surface area contributed by atoms with E-state index in [-0.39, 0.29) is 0 Å². The second kappa shape index (κ2) is 9.89.